The number of nitrogens with zero attached hydrogens (tertiary/aromatic N) is 3. The molecule has 0 radical (unpaired) electrons. The highest BCUT2D eigenvalue weighted by molar-refractivity contribution is 6.04. The Labute approximate surface area is 175 Å². The summed E-state index contributed by atoms with van der Waals surface area (Å²) in [6, 6.07) is 16.2. The van der Waals surface area contributed by atoms with Crippen LogP contribution in [0.25, 0.3) is 16.5 Å². The minimum Gasteiger partial charge on any atom is -0.373 e. The minimum absolute atomic E-state index is 0.185. The average molecular weight is 406 g/mol. The van der Waals surface area contributed by atoms with E-state index in [1.54, 1.807) is 30.3 Å². The third-order valence-corrected chi connectivity index (χ3v) is 5.23. The Hall–Kier alpha value is -3.03. The number of carbonyl (C=O) groups excluding carboxylic acids is 1. The van der Waals surface area contributed by atoms with E-state index in [4.69, 9.17) is 4.74 Å². The highest BCUT2D eigenvalue weighted by Gasteiger charge is 2.22. The molecule has 1 fully saturated rings. The zero-order valence-electron chi connectivity index (χ0n) is 17.2. The normalized spacial score (nSPS) is 19.7. The number of aromatic nitrogens is 2. The van der Waals surface area contributed by atoms with Gasteiger partial charge in [-0.2, -0.15) is 9.78 Å². The molecule has 0 bridgehead atoms. The summed E-state index contributed by atoms with van der Waals surface area (Å²) in [5, 5.41) is 8.41. The Morgan fingerprint density at radius 1 is 1.03 bits per heavy atom. The fourth-order valence-electron chi connectivity index (χ4n) is 3.98. The number of ether oxygens (including phenoxy) is 1. The minimum atomic E-state index is -0.287. The van der Waals surface area contributed by atoms with Crippen LogP contribution in [0.2, 0.25) is 0 Å². The number of para-hydroxylation sites is 1. The maximum atomic E-state index is 13.0. The lowest BCUT2D eigenvalue weighted by Crippen LogP contribution is -2.48. The van der Waals surface area contributed by atoms with Crippen LogP contribution in [0.3, 0.4) is 0 Å². The number of nitrogens with one attached hydrogen (secondary N) is 1. The first-order chi connectivity index (χ1) is 14.5. The van der Waals surface area contributed by atoms with Crippen LogP contribution in [0.15, 0.2) is 59.4 Å². The molecule has 0 aliphatic carbocycles. The highest BCUT2D eigenvalue weighted by atomic mass is 16.5. The number of benzene rings is 2. The second-order valence-corrected chi connectivity index (χ2v) is 7.72. The van der Waals surface area contributed by atoms with Crippen molar-refractivity contribution < 1.29 is 9.53 Å². The molecule has 1 aromatic heterocycles. The van der Waals surface area contributed by atoms with Crippen LogP contribution >= 0.6 is 0 Å². The van der Waals surface area contributed by atoms with Crippen molar-refractivity contribution in [3.05, 3.63) is 70.6 Å². The zero-order valence-corrected chi connectivity index (χ0v) is 17.2. The summed E-state index contributed by atoms with van der Waals surface area (Å²) in [6.07, 6.45) is 0.369. The summed E-state index contributed by atoms with van der Waals surface area (Å²) in [5.41, 5.74) is 0.626. The van der Waals surface area contributed by atoms with Crippen LogP contribution in [-0.2, 0) is 4.74 Å². The lowest BCUT2D eigenvalue weighted by Gasteiger charge is -2.35. The molecule has 156 valence electrons. The van der Waals surface area contributed by atoms with Gasteiger partial charge in [0, 0.05) is 31.6 Å². The van der Waals surface area contributed by atoms with Crippen molar-refractivity contribution in [2.75, 3.05) is 26.2 Å². The maximum absolute atomic E-state index is 13.0. The predicted molar refractivity (Wildman–Crippen MR) is 116 cm³/mol. The Balaban J connectivity index is 1.58. The Morgan fingerprint density at radius 2 is 1.67 bits per heavy atom. The van der Waals surface area contributed by atoms with Gasteiger partial charge in [-0.1, -0.05) is 36.4 Å². The highest BCUT2D eigenvalue weighted by Crippen LogP contribution is 2.15. The molecule has 2 atom stereocenters. The van der Waals surface area contributed by atoms with Gasteiger partial charge in [0.1, 0.15) is 0 Å². The van der Waals surface area contributed by atoms with Crippen LogP contribution in [0.5, 0.6) is 0 Å². The largest absolute Gasteiger partial charge is 0.373 e. The quantitative estimate of drug-likeness (QED) is 0.703. The maximum Gasteiger partial charge on any atom is 0.279 e. The Bertz CT molecular complexity index is 1090. The fourth-order valence-corrected chi connectivity index (χ4v) is 3.98. The van der Waals surface area contributed by atoms with E-state index >= 15 is 0 Å². The molecule has 1 saturated heterocycles. The molecule has 0 unspecified atom stereocenters. The van der Waals surface area contributed by atoms with Crippen molar-refractivity contribution in [1.29, 1.82) is 0 Å². The summed E-state index contributed by atoms with van der Waals surface area (Å²) in [4.78, 5) is 28.2. The van der Waals surface area contributed by atoms with Gasteiger partial charge in [-0.05, 0) is 32.0 Å². The van der Waals surface area contributed by atoms with Crippen LogP contribution in [0, 0.1) is 0 Å². The average Bonchev–Trinajstić information content (AvgIpc) is 2.74. The summed E-state index contributed by atoms with van der Waals surface area (Å²) in [7, 11) is 0. The van der Waals surface area contributed by atoms with Gasteiger partial charge in [0.25, 0.3) is 11.5 Å². The molecule has 1 aliphatic rings. The van der Waals surface area contributed by atoms with Crippen molar-refractivity contribution in [2.24, 2.45) is 0 Å². The van der Waals surface area contributed by atoms with E-state index < -0.39 is 0 Å². The molecule has 0 saturated carbocycles. The number of fused-ring (bicyclic) bond motifs is 1. The first-order valence-electron chi connectivity index (χ1n) is 10.3. The number of amides is 1. The third kappa shape index (κ3) is 4.27. The van der Waals surface area contributed by atoms with Gasteiger partial charge in [-0.25, -0.2) is 0 Å². The number of rotatable bonds is 5. The lowest BCUT2D eigenvalue weighted by molar-refractivity contribution is -0.0672. The fraction of sp³-hybridized carbons (Fsp3) is 0.348. The summed E-state index contributed by atoms with van der Waals surface area (Å²) < 4.78 is 7.05. The van der Waals surface area contributed by atoms with Crippen molar-refractivity contribution >= 4 is 16.7 Å². The lowest BCUT2D eigenvalue weighted by atomic mass is 10.1. The summed E-state index contributed by atoms with van der Waals surface area (Å²) >= 11 is 0. The Morgan fingerprint density at radius 3 is 2.37 bits per heavy atom. The van der Waals surface area contributed by atoms with Crippen molar-refractivity contribution in [1.82, 2.24) is 20.0 Å². The van der Waals surface area contributed by atoms with Crippen molar-refractivity contribution in [2.45, 2.75) is 26.1 Å². The smallest absolute Gasteiger partial charge is 0.279 e. The van der Waals surface area contributed by atoms with Gasteiger partial charge in [0.2, 0.25) is 0 Å². The van der Waals surface area contributed by atoms with E-state index in [2.05, 4.69) is 29.2 Å². The zero-order chi connectivity index (χ0) is 21.1. The molecule has 4 rings (SSSR count). The van der Waals surface area contributed by atoms with E-state index in [0.717, 1.165) is 19.6 Å². The van der Waals surface area contributed by atoms with Crippen LogP contribution in [0.1, 0.15) is 24.3 Å². The molecule has 1 aliphatic heterocycles. The molecule has 2 heterocycles. The van der Waals surface area contributed by atoms with Gasteiger partial charge in [-0.15, -0.1) is 0 Å². The van der Waals surface area contributed by atoms with E-state index in [1.165, 1.54) is 4.68 Å². The first kappa shape index (κ1) is 20.3. The third-order valence-electron chi connectivity index (χ3n) is 5.23. The monoisotopic (exact) mass is 406 g/mol. The van der Waals surface area contributed by atoms with E-state index in [-0.39, 0.29) is 29.4 Å². The second kappa shape index (κ2) is 8.77. The van der Waals surface area contributed by atoms with Crippen LogP contribution in [0.4, 0.5) is 0 Å². The van der Waals surface area contributed by atoms with Gasteiger partial charge < -0.3 is 10.1 Å². The number of carbonyl (C=O) groups is 1. The van der Waals surface area contributed by atoms with Gasteiger partial charge >= 0.3 is 0 Å². The van der Waals surface area contributed by atoms with Crippen LogP contribution in [-0.4, -0.2) is 59.0 Å². The molecule has 7 nitrogen and oxygen atoms in total. The molecule has 7 heteroatoms. The summed E-state index contributed by atoms with van der Waals surface area (Å²) in [6.45, 7) is 7.05. The molecule has 1 N–H and O–H groups in total. The topological polar surface area (TPSA) is 76.5 Å². The predicted octanol–water partition coefficient (Wildman–Crippen LogP) is 2.22. The van der Waals surface area contributed by atoms with Crippen molar-refractivity contribution in [3.8, 4) is 5.69 Å². The van der Waals surface area contributed by atoms with Crippen molar-refractivity contribution in [3.63, 3.8) is 0 Å². The number of hydrogen-bond donors (Lipinski definition) is 1. The van der Waals surface area contributed by atoms with E-state index in [1.807, 2.05) is 24.3 Å². The molecule has 0 spiro atoms. The van der Waals surface area contributed by atoms with Gasteiger partial charge in [-0.3, -0.25) is 14.5 Å². The molecule has 30 heavy (non-hydrogen) atoms. The standard InChI is InChI=1S/C23H26N4O3/c1-16-14-26(15-17(2)30-16)13-12-24-22(28)21-19-10-6-7-11-20(19)23(29)27(25-21)18-8-4-3-5-9-18/h3-11,16-17H,12-15H2,1-2H3,(H,24,28)/t16-,17-/m1/s1. The molecular weight excluding hydrogens is 380 g/mol. The van der Waals surface area contributed by atoms with E-state index in [0.29, 0.717) is 23.0 Å². The molecular formula is C23H26N4O3. The van der Waals surface area contributed by atoms with Gasteiger partial charge in [0.15, 0.2) is 5.69 Å². The second-order valence-electron chi connectivity index (χ2n) is 7.72. The van der Waals surface area contributed by atoms with E-state index in [9.17, 15) is 9.59 Å². The molecule has 3 aromatic rings. The summed E-state index contributed by atoms with van der Waals surface area (Å²) in [5.74, 6) is -0.287. The number of morpholine rings is 1. The molecule has 2 aromatic carbocycles. The van der Waals surface area contributed by atoms with Crippen LogP contribution < -0.4 is 10.9 Å². The van der Waals surface area contributed by atoms with Gasteiger partial charge in [0.05, 0.1) is 23.3 Å². The SMILES string of the molecule is C[C@@H]1CN(CCNC(=O)c2nn(-c3ccccc3)c(=O)c3ccccc23)C[C@@H](C)O1. The first-order valence-corrected chi connectivity index (χ1v) is 10.3. The Kier molecular flexibility index (Phi) is 5.92. The molecule has 1 amide bonds. The number of hydrogen-bond acceptors (Lipinski definition) is 5.